The molecule has 0 radical (unpaired) electrons. The summed E-state index contributed by atoms with van der Waals surface area (Å²) in [6.45, 7) is 2.93. The summed E-state index contributed by atoms with van der Waals surface area (Å²) in [7, 11) is 1.38. The molecule has 15 heteroatoms. The number of nitrogen functional groups attached to an aromatic ring is 2. The number of nitrogens with two attached hydrogens (primary N) is 2. The van der Waals surface area contributed by atoms with Crippen molar-refractivity contribution in [3.8, 4) is 0 Å². The van der Waals surface area contributed by atoms with Gasteiger partial charge in [0.05, 0.1) is 23.4 Å². The predicted octanol–water partition coefficient (Wildman–Crippen LogP) is 4.89. The van der Waals surface area contributed by atoms with Gasteiger partial charge in [0, 0.05) is 50.4 Å². The number of carbonyl (C=O) groups excluding carboxylic acids is 3. The molecule has 2 aromatic rings. The zero-order valence-electron chi connectivity index (χ0n) is 28.9. The fourth-order valence-electron chi connectivity index (χ4n) is 7.46. The maximum atomic E-state index is 14.0. The molecule has 3 aliphatic rings. The van der Waals surface area contributed by atoms with Gasteiger partial charge in [0.1, 0.15) is 6.04 Å². The van der Waals surface area contributed by atoms with Crippen LogP contribution in [-0.4, -0.2) is 103 Å². The van der Waals surface area contributed by atoms with Crippen LogP contribution in [-0.2, 0) is 38.1 Å². The molecular formula is C36H48ClF3N6O5. The van der Waals surface area contributed by atoms with Gasteiger partial charge in [-0.15, -0.1) is 0 Å². The molecule has 280 valence electrons. The third-order valence-corrected chi connectivity index (χ3v) is 10.6. The Morgan fingerprint density at radius 1 is 0.961 bits per heavy atom. The molecule has 5 rings (SSSR count). The number of para-hydroxylation sites is 1. The van der Waals surface area contributed by atoms with Crippen molar-refractivity contribution in [2.24, 2.45) is 0 Å². The van der Waals surface area contributed by atoms with E-state index in [0.29, 0.717) is 58.3 Å². The molecule has 2 atom stereocenters. The number of alkyl halides is 3. The summed E-state index contributed by atoms with van der Waals surface area (Å²) < 4.78 is 52.3. The number of anilines is 2. The van der Waals surface area contributed by atoms with E-state index >= 15 is 0 Å². The number of amides is 2. The van der Waals surface area contributed by atoms with Crippen LogP contribution in [0.5, 0.6) is 0 Å². The molecule has 3 heterocycles. The molecule has 0 spiro atoms. The lowest BCUT2D eigenvalue weighted by Crippen LogP contribution is -2.55. The Labute approximate surface area is 301 Å². The number of hydrogen-bond donors (Lipinski definition) is 3. The monoisotopic (exact) mass is 736 g/mol. The average Bonchev–Trinajstić information content (AvgIpc) is 3.12. The number of methoxy groups -OCH3 is 1. The fourth-order valence-corrected chi connectivity index (χ4v) is 7.70. The normalized spacial score (nSPS) is 20.2. The molecule has 3 aliphatic heterocycles. The van der Waals surface area contributed by atoms with E-state index in [2.05, 4.69) is 10.2 Å². The zero-order valence-corrected chi connectivity index (χ0v) is 29.7. The van der Waals surface area contributed by atoms with E-state index in [0.717, 1.165) is 49.7 Å². The van der Waals surface area contributed by atoms with E-state index in [-0.39, 0.29) is 41.1 Å². The predicted molar refractivity (Wildman–Crippen MR) is 188 cm³/mol. The Kier molecular flexibility index (Phi) is 13.0. The SMILES string of the molecule is COC(=O)[C@@H]1CCCCN1C1CCN(C(=O)[C@@H](Cc2cc(Cl)c(N)c(C(F)(F)F)c2)OC(=O)N2CCC(NCCc3ccccc3N)CC2)CC1. The first-order valence-electron chi connectivity index (χ1n) is 17.7. The Morgan fingerprint density at radius 3 is 2.31 bits per heavy atom. The van der Waals surface area contributed by atoms with Gasteiger partial charge in [0.15, 0.2) is 6.10 Å². The lowest BCUT2D eigenvalue weighted by atomic mass is 9.94. The van der Waals surface area contributed by atoms with E-state index in [4.69, 9.17) is 32.5 Å². The highest BCUT2D eigenvalue weighted by molar-refractivity contribution is 6.33. The molecule has 51 heavy (non-hydrogen) atoms. The number of piperidine rings is 3. The number of nitrogens with zero attached hydrogens (tertiary/aromatic N) is 3. The Balaban J connectivity index is 1.23. The molecule has 0 bridgehead atoms. The van der Waals surface area contributed by atoms with Crippen LogP contribution in [0.25, 0.3) is 0 Å². The molecule has 2 amide bonds. The number of halogens is 4. The van der Waals surface area contributed by atoms with Crippen LogP contribution < -0.4 is 16.8 Å². The zero-order chi connectivity index (χ0) is 36.7. The molecular weight excluding hydrogens is 689 g/mol. The Morgan fingerprint density at radius 2 is 1.65 bits per heavy atom. The molecule has 2 aromatic carbocycles. The quantitative estimate of drug-likeness (QED) is 0.230. The van der Waals surface area contributed by atoms with E-state index in [9.17, 15) is 27.6 Å². The van der Waals surface area contributed by atoms with Crippen molar-refractivity contribution in [1.29, 1.82) is 0 Å². The summed E-state index contributed by atoms with van der Waals surface area (Å²) in [6, 6.07) is 9.74. The van der Waals surface area contributed by atoms with Gasteiger partial charge in [-0.2, -0.15) is 13.2 Å². The summed E-state index contributed by atoms with van der Waals surface area (Å²) in [4.78, 5) is 45.3. The number of hydrogen-bond acceptors (Lipinski definition) is 9. The molecule has 0 aliphatic carbocycles. The highest BCUT2D eigenvalue weighted by atomic mass is 35.5. The second kappa shape index (κ2) is 17.2. The van der Waals surface area contributed by atoms with Crippen LogP contribution >= 0.6 is 11.6 Å². The molecule has 3 saturated heterocycles. The second-order valence-corrected chi connectivity index (χ2v) is 14.0. The van der Waals surface area contributed by atoms with Gasteiger partial charge < -0.3 is 36.1 Å². The van der Waals surface area contributed by atoms with Crippen molar-refractivity contribution >= 4 is 40.9 Å². The first-order chi connectivity index (χ1) is 24.3. The molecule has 0 saturated carbocycles. The number of ether oxygens (including phenoxy) is 2. The molecule has 0 aromatic heterocycles. The van der Waals surface area contributed by atoms with Crippen molar-refractivity contribution in [3.63, 3.8) is 0 Å². The smallest absolute Gasteiger partial charge is 0.418 e. The Bertz CT molecular complexity index is 1530. The lowest BCUT2D eigenvalue weighted by molar-refractivity contribution is -0.151. The summed E-state index contributed by atoms with van der Waals surface area (Å²) in [5.41, 5.74) is 11.9. The van der Waals surface area contributed by atoms with Gasteiger partial charge in [-0.3, -0.25) is 14.5 Å². The summed E-state index contributed by atoms with van der Waals surface area (Å²) in [5.74, 6) is -0.763. The van der Waals surface area contributed by atoms with Gasteiger partial charge in [-0.1, -0.05) is 36.2 Å². The van der Waals surface area contributed by atoms with Crippen LogP contribution in [0.4, 0.5) is 29.3 Å². The van der Waals surface area contributed by atoms with Crippen LogP contribution in [0.2, 0.25) is 5.02 Å². The molecule has 11 nitrogen and oxygen atoms in total. The largest absolute Gasteiger partial charge is 0.468 e. The maximum absolute atomic E-state index is 14.0. The number of carbonyl (C=O) groups is 3. The summed E-state index contributed by atoms with van der Waals surface area (Å²) in [6.07, 6.45) is -1.30. The van der Waals surface area contributed by atoms with Crippen LogP contribution in [0, 0.1) is 0 Å². The lowest BCUT2D eigenvalue weighted by Gasteiger charge is -2.43. The molecule has 0 unspecified atom stereocenters. The topological polar surface area (TPSA) is 143 Å². The van der Waals surface area contributed by atoms with Gasteiger partial charge in [0.25, 0.3) is 5.91 Å². The third kappa shape index (κ3) is 9.78. The van der Waals surface area contributed by atoms with Crippen LogP contribution in [0.3, 0.4) is 0 Å². The molecule has 5 N–H and O–H groups in total. The minimum absolute atomic E-state index is 0.0599. The number of rotatable bonds is 10. The number of nitrogens with one attached hydrogen (secondary N) is 1. The molecule has 3 fully saturated rings. The number of benzene rings is 2. The summed E-state index contributed by atoms with van der Waals surface area (Å²) >= 11 is 6.10. The van der Waals surface area contributed by atoms with Crippen molar-refractivity contribution in [1.82, 2.24) is 20.0 Å². The van der Waals surface area contributed by atoms with Crippen molar-refractivity contribution < 1.29 is 37.0 Å². The van der Waals surface area contributed by atoms with Gasteiger partial charge >= 0.3 is 18.2 Å². The van der Waals surface area contributed by atoms with Gasteiger partial charge in [-0.05, 0) is 87.4 Å². The van der Waals surface area contributed by atoms with Crippen molar-refractivity contribution in [2.75, 3.05) is 57.8 Å². The highest BCUT2D eigenvalue weighted by Crippen LogP contribution is 2.38. The number of likely N-dealkylation sites (tertiary alicyclic amines) is 3. The first-order valence-corrected chi connectivity index (χ1v) is 18.0. The van der Waals surface area contributed by atoms with Gasteiger partial charge in [0.2, 0.25) is 0 Å². The fraction of sp³-hybridized carbons (Fsp3) is 0.583. The van der Waals surface area contributed by atoms with Gasteiger partial charge in [-0.25, -0.2) is 4.79 Å². The van der Waals surface area contributed by atoms with E-state index in [1.54, 1.807) is 4.90 Å². The van der Waals surface area contributed by atoms with Crippen molar-refractivity contribution in [2.45, 2.75) is 88.2 Å². The first kappa shape index (κ1) is 38.5. The van der Waals surface area contributed by atoms with Crippen molar-refractivity contribution in [3.05, 3.63) is 58.1 Å². The average molecular weight is 737 g/mol. The van der Waals surface area contributed by atoms with E-state index < -0.39 is 35.5 Å². The second-order valence-electron chi connectivity index (χ2n) is 13.6. The van der Waals surface area contributed by atoms with Crippen LogP contribution in [0.1, 0.15) is 61.6 Å². The summed E-state index contributed by atoms with van der Waals surface area (Å²) in [5, 5.41) is 3.22. The maximum Gasteiger partial charge on any atom is 0.418 e. The standard InChI is InChI=1S/C36H48ClF3N6O5/c1-50-34(48)30-8-4-5-15-46(30)26-12-18-44(19-13-26)33(47)31(22-23-20-27(36(38,39)40)32(42)28(37)21-23)51-35(49)45-16-10-25(11-17-45)43-14-9-24-6-2-3-7-29(24)41/h2-3,6-7,20-21,25-26,30-31,43H,4-5,8-19,22,41-42H2,1H3/t30-,31+/m0/s1. The van der Waals surface area contributed by atoms with E-state index in [1.165, 1.54) is 18.1 Å². The van der Waals surface area contributed by atoms with Crippen LogP contribution in [0.15, 0.2) is 36.4 Å². The number of esters is 1. The Hall–Kier alpha value is -3.75. The third-order valence-electron chi connectivity index (χ3n) is 10.3. The highest BCUT2D eigenvalue weighted by Gasteiger charge is 2.39. The minimum Gasteiger partial charge on any atom is -0.468 e. The van der Waals surface area contributed by atoms with E-state index in [1.807, 2.05) is 24.3 Å². The minimum atomic E-state index is -4.77.